The van der Waals surface area contributed by atoms with Gasteiger partial charge in [0.25, 0.3) is 5.91 Å². The summed E-state index contributed by atoms with van der Waals surface area (Å²) >= 11 is 0. The van der Waals surface area contributed by atoms with Crippen molar-refractivity contribution in [2.45, 2.75) is 25.8 Å². The molecule has 1 amide bonds. The fourth-order valence-electron chi connectivity index (χ4n) is 3.24. The molecule has 2 aromatic rings. The standard InChI is InChI=1S/C21H25FN2O2/c1-16-5-2-3-8-20(16)21(25)23-18-9-11-24(12-10-18)13-14-26-19-7-4-6-17(22)15-19/h2-8,15,18H,9-14H2,1H3,(H,23,25). The maximum Gasteiger partial charge on any atom is 0.251 e. The van der Waals surface area contributed by atoms with Crippen LogP contribution < -0.4 is 10.1 Å². The first-order valence-corrected chi connectivity index (χ1v) is 9.09. The first kappa shape index (κ1) is 18.4. The average Bonchev–Trinajstić information content (AvgIpc) is 2.63. The number of piperidine rings is 1. The maximum atomic E-state index is 13.1. The summed E-state index contributed by atoms with van der Waals surface area (Å²) in [4.78, 5) is 14.7. The molecular formula is C21H25FN2O2. The van der Waals surface area contributed by atoms with Crippen LogP contribution in [0, 0.1) is 12.7 Å². The highest BCUT2D eigenvalue weighted by atomic mass is 19.1. The second kappa shape index (κ2) is 8.81. The van der Waals surface area contributed by atoms with Gasteiger partial charge in [-0.2, -0.15) is 0 Å². The van der Waals surface area contributed by atoms with Crippen LogP contribution in [0.5, 0.6) is 5.75 Å². The van der Waals surface area contributed by atoms with Gasteiger partial charge in [-0.25, -0.2) is 4.39 Å². The Balaban J connectivity index is 1.39. The maximum absolute atomic E-state index is 13.1. The van der Waals surface area contributed by atoms with E-state index in [1.165, 1.54) is 12.1 Å². The lowest BCUT2D eigenvalue weighted by molar-refractivity contribution is 0.0905. The Bertz CT molecular complexity index is 742. The Hall–Kier alpha value is -2.40. The number of likely N-dealkylation sites (tertiary alicyclic amines) is 1. The Morgan fingerprint density at radius 3 is 2.69 bits per heavy atom. The van der Waals surface area contributed by atoms with Crippen molar-refractivity contribution in [3.63, 3.8) is 0 Å². The van der Waals surface area contributed by atoms with Crippen LogP contribution in [0.15, 0.2) is 48.5 Å². The molecule has 0 unspecified atom stereocenters. The number of halogens is 1. The molecule has 1 heterocycles. The number of rotatable bonds is 6. The van der Waals surface area contributed by atoms with Crippen molar-refractivity contribution in [3.8, 4) is 5.75 Å². The molecule has 0 radical (unpaired) electrons. The summed E-state index contributed by atoms with van der Waals surface area (Å²) in [6.45, 7) is 5.13. The largest absolute Gasteiger partial charge is 0.492 e. The molecule has 3 rings (SSSR count). The van der Waals surface area contributed by atoms with Gasteiger partial charge in [0.05, 0.1) is 0 Å². The zero-order chi connectivity index (χ0) is 18.4. The molecule has 138 valence electrons. The van der Waals surface area contributed by atoms with E-state index in [1.807, 2.05) is 31.2 Å². The molecule has 1 saturated heterocycles. The number of ether oxygens (including phenoxy) is 1. The first-order valence-electron chi connectivity index (χ1n) is 9.09. The van der Waals surface area contributed by atoms with E-state index in [-0.39, 0.29) is 17.8 Å². The lowest BCUT2D eigenvalue weighted by atomic mass is 10.0. The minimum atomic E-state index is -0.285. The molecule has 26 heavy (non-hydrogen) atoms. The highest BCUT2D eigenvalue weighted by Crippen LogP contribution is 2.14. The van der Waals surface area contributed by atoms with Gasteiger partial charge in [-0.3, -0.25) is 9.69 Å². The number of nitrogens with zero attached hydrogens (tertiary/aromatic N) is 1. The van der Waals surface area contributed by atoms with Gasteiger partial charge in [-0.05, 0) is 43.5 Å². The van der Waals surface area contributed by atoms with Crippen LogP contribution in [0.2, 0.25) is 0 Å². The zero-order valence-electron chi connectivity index (χ0n) is 15.1. The first-order chi connectivity index (χ1) is 12.6. The van der Waals surface area contributed by atoms with Gasteiger partial charge in [0, 0.05) is 37.3 Å². The van der Waals surface area contributed by atoms with Crippen molar-refractivity contribution >= 4 is 5.91 Å². The number of benzene rings is 2. The minimum absolute atomic E-state index is 0.0102. The van der Waals surface area contributed by atoms with Crippen molar-refractivity contribution in [1.29, 1.82) is 0 Å². The van der Waals surface area contributed by atoms with Gasteiger partial charge in [0.1, 0.15) is 18.2 Å². The molecule has 1 N–H and O–H groups in total. The summed E-state index contributed by atoms with van der Waals surface area (Å²) in [6.07, 6.45) is 1.86. The predicted molar refractivity (Wildman–Crippen MR) is 100 cm³/mol. The Kier molecular flexibility index (Phi) is 6.23. The van der Waals surface area contributed by atoms with Gasteiger partial charge in [0.15, 0.2) is 0 Å². The van der Waals surface area contributed by atoms with Crippen molar-refractivity contribution in [1.82, 2.24) is 10.2 Å². The molecule has 0 aliphatic carbocycles. The summed E-state index contributed by atoms with van der Waals surface area (Å²) in [5, 5.41) is 3.15. The van der Waals surface area contributed by atoms with E-state index in [9.17, 15) is 9.18 Å². The molecule has 4 nitrogen and oxygen atoms in total. The predicted octanol–water partition coefficient (Wildman–Crippen LogP) is 3.41. The van der Waals surface area contributed by atoms with Crippen molar-refractivity contribution in [2.75, 3.05) is 26.2 Å². The second-order valence-corrected chi connectivity index (χ2v) is 6.71. The number of carbonyl (C=O) groups is 1. The van der Waals surface area contributed by atoms with Crippen LogP contribution in [0.1, 0.15) is 28.8 Å². The normalized spacial score (nSPS) is 15.6. The summed E-state index contributed by atoms with van der Waals surface area (Å²) < 4.78 is 18.7. The molecule has 0 bridgehead atoms. The molecule has 2 aromatic carbocycles. The van der Waals surface area contributed by atoms with Crippen LogP contribution in [0.25, 0.3) is 0 Å². The average molecular weight is 356 g/mol. The van der Waals surface area contributed by atoms with Crippen LogP contribution >= 0.6 is 0 Å². The highest BCUT2D eigenvalue weighted by Gasteiger charge is 2.21. The van der Waals surface area contributed by atoms with E-state index in [0.717, 1.165) is 43.6 Å². The van der Waals surface area contributed by atoms with Gasteiger partial charge in [-0.15, -0.1) is 0 Å². The van der Waals surface area contributed by atoms with Crippen molar-refractivity contribution in [3.05, 3.63) is 65.5 Å². The van der Waals surface area contributed by atoms with E-state index in [2.05, 4.69) is 10.2 Å². The van der Waals surface area contributed by atoms with Gasteiger partial charge in [-0.1, -0.05) is 24.3 Å². The molecule has 1 aliphatic rings. The lowest BCUT2D eigenvalue weighted by Crippen LogP contribution is -2.45. The molecule has 0 saturated carbocycles. The second-order valence-electron chi connectivity index (χ2n) is 6.71. The van der Waals surface area contributed by atoms with Gasteiger partial charge < -0.3 is 10.1 Å². The molecule has 0 aromatic heterocycles. The summed E-state index contributed by atoms with van der Waals surface area (Å²) in [7, 11) is 0. The number of hydrogen-bond acceptors (Lipinski definition) is 3. The molecule has 1 fully saturated rings. The lowest BCUT2D eigenvalue weighted by Gasteiger charge is -2.32. The molecule has 1 aliphatic heterocycles. The summed E-state index contributed by atoms with van der Waals surface area (Å²) in [5.41, 5.74) is 1.75. The summed E-state index contributed by atoms with van der Waals surface area (Å²) in [6, 6.07) is 14.1. The van der Waals surface area contributed by atoms with Crippen LogP contribution in [-0.2, 0) is 0 Å². The minimum Gasteiger partial charge on any atom is -0.492 e. The van der Waals surface area contributed by atoms with Crippen LogP contribution in [0.3, 0.4) is 0 Å². The Labute approximate surface area is 154 Å². The number of aryl methyl sites for hydroxylation is 1. The fourth-order valence-corrected chi connectivity index (χ4v) is 3.24. The van der Waals surface area contributed by atoms with E-state index in [4.69, 9.17) is 4.74 Å². The molecule has 0 atom stereocenters. The van der Waals surface area contributed by atoms with Gasteiger partial charge >= 0.3 is 0 Å². The fraction of sp³-hybridized carbons (Fsp3) is 0.381. The third-order valence-corrected chi connectivity index (χ3v) is 4.78. The molecule has 5 heteroatoms. The summed E-state index contributed by atoms with van der Waals surface area (Å²) in [5.74, 6) is 0.286. The Morgan fingerprint density at radius 2 is 1.96 bits per heavy atom. The number of carbonyl (C=O) groups excluding carboxylic acids is 1. The molecular weight excluding hydrogens is 331 g/mol. The number of hydrogen-bond donors (Lipinski definition) is 1. The quantitative estimate of drug-likeness (QED) is 0.862. The Morgan fingerprint density at radius 1 is 1.19 bits per heavy atom. The monoisotopic (exact) mass is 356 g/mol. The zero-order valence-corrected chi connectivity index (χ0v) is 15.1. The van der Waals surface area contributed by atoms with Crippen molar-refractivity contribution in [2.24, 2.45) is 0 Å². The van der Waals surface area contributed by atoms with Crippen molar-refractivity contribution < 1.29 is 13.9 Å². The van der Waals surface area contributed by atoms with E-state index >= 15 is 0 Å². The van der Waals surface area contributed by atoms with E-state index in [0.29, 0.717) is 12.4 Å². The number of amides is 1. The van der Waals surface area contributed by atoms with E-state index < -0.39 is 0 Å². The van der Waals surface area contributed by atoms with Crippen LogP contribution in [0.4, 0.5) is 4.39 Å². The highest BCUT2D eigenvalue weighted by molar-refractivity contribution is 5.95. The third kappa shape index (κ3) is 5.05. The third-order valence-electron chi connectivity index (χ3n) is 4.78. The molecule has 0 spiro atoms. The van der Waals surface area contributed by atoms with Crippen LogP contribution in [-0.4, -0.2) is 43.1 Å². The smallest absolute Gasteiger partial charge is 0.251 e. The van der Waals surface area contributed by atoms with E-state index in [1.54, 1.807) is 12.1 Å². The number of nitrogens with one attached hydrogen (secondary N) is 1. The topological polar surface area (TPSA) is 41.6 Å². The SMILES string of the molecule is Cc1ccccc1C(=O)NC1CCN(CCOc2cccc(F)c2)CC1. The van der Waals surface area contributed by atoms with Gasteiger partial charge in [0.2, 0.25) is 0 Å².